The molecular weight excluding hydrogens is 524 g/mol. The van der Waals surface area contributed by atoms with Crippen molar-refractivity contribution in [3.8, 4) is 23.1 Å². The molecule has 0 saturated carbocycles. The van der Waals surface area contributed by atoms with E-state index in [1.807, 2.05) is 0 Å². The van der Waals surface area contributed by atoms with Crippen molar-refractivity contribution < 1.29 is 27.0 Å². The summed E-state index contributed by atoms with van der Waals surface area (Å²) in [5.41, 5.74) is 1.12. The maximum absolute atomic E-state index is 14.2. The third kappa shape index (κ3) is 4.40. The summed E-state index contributed by atoms with van der Waals surface area (Å²) in [6, 6.07) is 11.2. The van der Waals surface area contributed by atoms with Gasteiger partial charge in [0.05, 0.1) is 24.2 Å². The van der Waals surface area contributed by atoms with E-state index in [1.165, 1.54) is 15.2 Å². The molecule has 0 saturated heterocycles. The second-order valence-electron chi connectivity index (χ2n) is 7.90. The molecule has 0 radical (unpaired) electrons. The summed E-state index contributed by atoms with van der Waals surface area (Å²) in [6.45, 7) is 4.19. The lowest BCUT2D eigenvalue weighted by Crippen LogP contribution is -2.10. The third-order valence-electron chi connectivity index (χ3n) is 5.66. The lowest BCUT2D eigenvalue weighted by Gasteiger charge is -2.13. The van der Waals surface area contributed by atoms with Gasteiger partial charge >= 0.3 is 0 Å². The van der Waals surface area contributed by atoms with Gasteiger partial charge < -0.3 is 9.47 Å². The quantitative estimate of drug-likeness (QED) is 0.118. The number of fused-ring (bicyclic) bond motifs is 2. The number of alkyl halides is 4. The first kappa shape index (κ1) is 25.8. The molecular formula is C25H22F4N6O2S. The molecule has 0 aliphatic carbocycles. The Morgan fingerprint density at radius 2 is 1.18 bits per heavy atom. The number of nitrogens with zero attached hydrogens (tertiary/aromatic N) is 6. The molecule has 0 bridgehead atoms. The summed E-state index contributed by atoms with van der Waals surface area (Å²) in [7, 11) is 0. The van der Waals surface area contributed by atoms with Crippen molar-refractivity contribution in [1.29, 1.82) is 0 Å². The van der Waals surface area contributed by atoms with E-state index in [9.17, 15) is 17.6 Å². The van der Waals surface area contributed by atoms with Gasteiger partial charge in [0.2, 0.25) is 0 Å². The maximum atomic E-state index is 14.2. The molecule has 5 aromatic rings. The standard InChI is InChI=1S/C25H22F4N6O2S/c1-4-36-15-10-6-8-13-19(15)32-23(21(26)27)34(13)17-12-18(31-25(30-17)38-3)35-14-9-7-11-16(37-5-2)20(14)33-24(35)22(28)29/h6-12,21-22H,4-5H2,1-3H3. The summed E-state index contributed by atoms with van der Waals surface area (Å²) >= 11 is 1.14. The molecule has 0 atom stereocenters. The fourth-order valence-corrected chi connectivity index (χ4v) is 4.59. The van der Waals surface area contributed by atoms with Crippen LogP contribution in [0.25, 0.3) is 33.7 Å². The van der Waals surface area contributed by atoms with E-state index in [0.29, 0.717) is 35.7 Å². The average molecular weight is 547 g/mol. The topological polar surface area (TPSA) is 79.9 Å². The van der Waals surface area contributed by atoms with Gasteiger partial charge in [-0.15, -0.1) is 0 Å². The van der Waals surface area contributed by atoms with E-state index < -0.39 is 24.5 Å². The second kappa shape index (κ2) is 10.5. The first-order chi connectivity index (χ1) is 18.4. The Hall–Kier alpha value is -3.87. The summed E-state index contributed by atoms with van der Waals surface area (Å²) in [5, 5.41) is 0.184. The van der Waals surface area contributed by atoms with Gasteiger partial charge in [-0.1, -0.05) is 23.9 Å². The molecule has 8 nitrogen and oxygen atoms in total. The zero-order valence-corrected chi connectivity index (χ0v) is 21.3. The van der Waals surface area contributed by atoms with Crippen LogP contribution >= 0.6 is 11.8 Å². The first-order valence-corrected chi connectivity index (χ1v) is 12.9. The zero-order chi connectivity index (χ0) is 27.0. The van der Waals surface area contributed by atoms with Gasteiger partial charge in [0.25, 0.3) is 12.9 Å². The molecule has 0 N–H and O–H groups in total. The van der Waals surface area contributed by atoms with E-state index in [4.69, 9.17) is 9.47 Å². The number of rotatable bonds is 9. The molecule has 0 unspecified atom stereocenters. The van der Waals surface area contributed by atoms with Crippen LogP contribution in [0.2, 0.25) is 0 Å². The smallest absolute Gasteiger partial charge is 0.296 e. The van der Waals surface area contributed by atoms with E-state index >= 15 is 0 Å². The molecule has 13 heteroatoms. The van der Waals surface area contributed by atoms with Crippen LogP contribution in [-0.4, -0.2) is 48.5 Å². The van der Waals surface area contributed by atoms with Crippen LogP contribution < -0.4 is 9.47 Å². The van der Waals surface area contributed by atoms with Crippen LogP contribution in [0.5, 0.6) is 11.5 Å². The van der Waals surface area contributed by atoms with Gasteiger partial charge in [-0.25, -0.2) is 37.5 Å². The normalized spacial score (nSPS) is 11.8. The Balaban J connectivity index is 1.81. The summed E-state index contributed by atoms with van der Waals surface area (Å²) in [5.74, 6) is -0.370. The molecule has 2 aromatic carbocycles. The largest absolute Gasteiger partial charge is 0.492 e. The highest BCUT2D eigenvalue weighted by atomic mass is 32.2. The highest BCUT2D eigenvalue weighted by Crippen LogP contribution is 2.35. The summed E-state index contributed by atoms with van der Waals surface area (Å²) in [6.07, 6.45) is -4.21. The Labute approximate surface area is 218 Å². The SMILES string of the molecule is CCOc1cccc2c1nc(C(F)F)n2-c1cc(-n2c(C(F)F)nc3c(OCC)cccc32)nc(SC)n1. The molecule has 198 valence electrons. The number of imidazole rings is 2. The van der Waals surface area contributed by atoms with Crippen molar-refractivity contribution in [2.24, 2.45) is 0 Å². The number of hydrogen-bond acceptors (Lipinski definition) is 7. The lowest BCUT2D eigenvalue weighted by molar-refractivity contribution is 0.139. The molecule has 0 aliphatic rings. The van der Waals surface area contributed by atoms with Crippen molar-refractivity contribution in [2.45, 2.75) is 31.9 Å². The van der Waals surface area contributed by atoms with E-state index in [2.05, 4.69) is 19.9 Å². The monoisotopic (exact) mass is 546 g/mol. The highest BCUT2D eigenvalue weighted by Gasteiger charge is 2.27. The minimum atomic E-state index is -2.95. The molecule has 0 spiro atoms. The summed E-state index contributed by atoms with van der Waals surface area (Å²) < 4.78 is 70.4. The van der Waals surface area contributed by atoms with Crippen molar-refractivity contribution in [1.82, 2.24) is 29.1 Å². The van der Waals surface area contributed by atoms with Gasteiger partial charge in [0.15, 0.2) is 16.8 Å². The van der Waals surface area contributed by atoms with Crippen LogP contribution in [0.4, 0.5) is 17.6 Å². The number of ether oxygens (including phenoxy) is 2. The lowest BCUT2D eigenvalue weighted by atomic mass is 10.3. The van der Waals surface area contributed by atoms with Gasteiger partial charge in [-0.05, 0) is 44.4 Å². The zero-order valence-electron chi connectivity index (χ0n) is 20.5. The molecule has 0 amide bonds. The number of halogens is 4. The van der Waals surface area contributed by atoms with Gasteiger partial charge in [-0.3, -0.25) is 9.13 Å². The van der Waals surface area contributed by atoms with E-state index in [1.54, 1.807) is 56.5 Å². The fourth-order valence-electron chi connectivity index (χ4n) is 4.22. The predicted molar refractivity (Wildman–Crippen MR) is 135 cm³/mol. The first-order valence-electron chi connectivity index (χ1n) is 11.7. The van der Waals surface area contributed by atoms with Crippen molar-refractivity contribution >= 4 is 33.8 Å². The number of para-hydroxylation sites is 2. The Morgan fingerprint density at radius 1 is 0.737 bits per heavy atom. The summed E-state index contributed by atoms with van der Waals surface area (Å²) in [4.78, 5) is 17.2. The Kier molecular flexibility index (Phi) is 7.11. The predicted octanol–water partition coefficient (Wildman–Crippen LogP) is 6.55. The van der Waals surface area contributed by atoms with Gasteiger partial charge in [-0.2, -0.15) is 0 Å². The van der Waals surface area contributed by atoms with Gasteiger partial charge in [0.1, 0.15) is 34.2 Å². The number of thioether (sulfide) groups is 1. The van der Waals surface area contributed by atoms with Crippen molar-refractivity contribution in [2.75, 3.05) is 19.5 Å². The highest BCUT2D eigenvalue weighted by molar-refractivity contribution is 7.98. The van der Waals surface area contributed by atoms with Crippen molar-refractivity contribution in [3.63, 3.8) is 0 Å². The van der Waals surface area contributed by atoms with Gasteiger partial charge in [0, 0.05) is 6.07 Å². The minimum absolute atomic E-state index is 0.0360. The maximum Gasteiger partial charge on any atom is 0.296 e. The third-order valence-corrected chi connectivity index (χ3v) is 6.21. The minimum Gasteiger partial charge on any atom is -0.492 e. The Bertz CT molecular complexity index is 1510. The van der Waals surface area contributed by atoms with Crippen LogP contribution in [0, 0.1) is 0 Å². The molecule has 3 heterocycles. The average Bonchev–Trinajstić information content (AvgIpc) is 3.50. The number of benzene rings is 2. The number of hydrogen-bond donors (Lipinski definition) is 0. The Morgan fingerprint density at radius 3 is 1.55 bits per heavy atom. The molecule has 3 aromatic heterocycles. The van der Waals surface area contributed by atoms with Crippen LogP contribution in [0.3, 0.4) is 0 Å². The number of aromatic nitrogens is 6. The fraction of sp³-hybridized carbons (Fsp3) is 0.280. The van der Waals surface area contributed by atoms with E-state index in [0.717, 1.165) is 11.8 Å². The molecule has 0 fully saturated rings. The molecule has 38 heavy (non-hydrogen) atoms. The van der Waals surface area contributed by atoms with Crippen molar-refractivity contribution in [3.05, 3.63) is 54.1 Å². The van der Waals surface area contributed by atoms with Crippen LogP contribution in [-0.2, 0) is 0 Å². The second-order valence-corrected chi connectivity index (χ2v) is 8.67. The van der Waals surface area contributed by atoms with Crippen LogP contribution in [0.15, 0.2) is 47.6 Å². The molecule has 0 aliphatic heterocycles. The van der Waals surface area contributed by atoms with Crippen LogP contribution in [0.1, 0.15) is 38.3 Å². The van der Waals surface area contributed by atoms with E-state index in [-0.39, 0.29) is 27.8 Å². The molecule has 5 rings (SSSR count).